The number of carbonyl (C=O) groups is 2. The van der Waals surface area contributed by atoms with Crippen molar-refractivity contribution in [1.29, 1.82) is 0 Å². The fourth-order valence-electron chi connectivity index (χ4n) is 1.57. The van der Waals surface area contributed by atoms with Crippen LogP contribution in [0, 0.1) is 0 Å². The van der Waals surface area contributed by atoms with Crippen LogP contribution in [-0.2, 0) is 14.3 Å². The van der Waals surface area contributed by atoms with Crippen molar-refractivity contribution in [2.75, 3.05) is 26.2 Å². The molecule has 0 aliphatic carbocycles. The molecular weight excluding hydrogens is 212 g/mol. The van der Waals surface area contributed by atoms with Gasteiger partial charge < -0.3 is 15.2 Å². The molecular formula is C10H18N2O4. The van der Waals surface area contributed by atoms with E-state index >= 15 is 0 Å². The Labute approximate surface area is 94.6 Å². The number of amides is 1. The molecule has 16 heavy (non-hydrogen) atoms. The van der Waals surface area contributed by atoms with Gasteiger partial charge in [0.05, 0.1) is 13.2 Å². The van der Waals surface area contributed by atoms with Gasteiger partial charge in [-0.1, -0.05) is 0 Å². The second kappa shape index (κ2) is 5.81. The monoisotopic (exact) mass is 230 g/mol. The molecule has 92 valence electrons. The van der Waals surface area contributed by atoms with Crippen LogP contribution in [0.25, 0.3) is 0 Å². The minimum absolute atomic E-state index is 0.0824. The maximum atomic E-state index is 11.5. The maximum absolute atomic E-state index is 11.5. The van der Waals surface area contributed by atoms with Gasteiger partial charge in [-0.15, -0.1) is 0 Å². The molecule has 1 rings (SSSR count). The van der Waals surface area contributed by atoms with Crippen LogP contribution in [0.5, 0.6) is 0 Å². The average Bonchev–Trinajstić information content (AvgIpc) is 2.16. The molecule has 0 bridgehead atoms. The number of ether oxygens (including phenoxy) is 1. The molecule has 6 nitrogen and oxygen atoms in total. The maximum Gasteiger partial charge on any atom is 0.334 e. The minimum Gasteiger partial charge on any atom is -0.479 e. The normalized spacial score (nSPS) is 22.1. The molecule has 1 atom stereocenters. The zero-order chi connectivity index (χ0) is 12.1. The summed E-state index contributed by atoms with van der Waals surface area (Å²) >= 11 is 0. The first kappa shape index (κ1) is 12.9. The molecule has 1 heterocycles. The number of carbonyl (C=O) groups excluding carboxylic acids is 1. The summed E-state index contributed by atoms with van der Waals surface area (Å²) in [5, 5.41) is 11.5. The molecule has 0 radical (unpaired) electrons. The summed E-state index contributed by atoms with van der Waals surface area (Å²) in [5.74, 6) is -1.06. The number of rotatable bonds is 4. The van der Waals surface area contributed by atoms with Crippen LogP contribution in [0.1, 0.15) is 13.8 Å². The Bertz CT molecular complexity index is 268. The number of aliphatic carboxylic acids is 1. The first-order valence-corrected chi connectivity index (χ1v) is 5.35. The van der Waals surface area contributed by atoms with Gasteiger partial charge in [0.2, 0.25) is 5.91 Å². The lowest BCUT2D eigenvalue weighted by atomic mass is 10.2. The van der Waals surface area contributed by atoms with Crippen LogP contribution in [-0.4, -0.2) is 60.3 Å². The summed E-state index contributed by atoms with van der Waals surface area (Å²) in [7, 11) is 0. The highest BCUT2D eigenvalue weighted by Gasteiger charge is 2.27. The number of nitrogens with zero attached hydrogens (tertiary/aromatic N) is 1. The highest BCUT2D eigenvalue weighted by atomic mass is 16.5. The lowest BCUT2D eigenvalue weighted by molar-refractivity contribution is -0.156. The predicted molar refractivity (Wildman–Crippen MR) is 57.1 cm³/mol. The Morgan fingerprint density at radius 1 is 1.56 bits per heavy atom. The van der Waals surface area contributed by atoms with Crippen LogP contribution < -0.4 is 5.32 Å². The highest BCUT2D eigenvalue weighted by Crippen LogP contribution is 2.04. The molecule has 0 aromatic carbocycles. The van der Waals surface area contributed by atoms with E-state index in [1.165, 1.54) is 0 Å². The van der Waals surface area contributed by atoms with E-state index in [1.54, 1.807) is 4.90 Å². The van der Waals surface area contributed by atoms with E-state index in [1.807, 2.05) is 13.8 Å². The summed E-state index contributed by atoms with van der Waals surface area (Å²) in [6, 6.07) is 0.101. The van der Waals surface area contributed by atoms with Gasteiger partial charge in [-0.3, -0.25) is 9.69 Å². The Balaban J connectivity index is 2.37. The van der Waals surface area contributed by atoms with Crippen LogP contribution in [0.15, 0.2) is 0 Å². The Morgan fingerprint density at radius 2 is 2.25 bits per heavy atom. The van der Waals surface area contributed by atoms with E-state index in [2.05, 4.69) is 5.32 Å². The second-order valence-electron chi connectivity index (χ2n) is 4.16. The highest BCUT2D eigenvalue weighted by molar-refractivity contribution is 5.78. The Hall–Kier alpha value is -1.14. The third-order valence-corrected chi connectivity index (χ3v) is 2.24. The number of hydrogen-bond acceptors (Lipinski definition) is 4. The molecule has 1 fully saturated rings. The standard InChI is InChI=1S/C10H18N2O4/c1-7(2)11-9(13)6-12-3-4-16-8(5-12)10(14)15/h7-8H,3-6H2,1-2H3,(H,11,13)(H,14,15). The molecule has 2 N–H and O–H groups in total. The van der Waals surface area contributed by atoms with Crippen LogP contribution in [0.4, 0.5) is 0 Å². The molecule has 1 unspecified atom stereocenters. The van der Waals surface area contributed by atoms with Crippen molar-refractivity contribution < 1.29 is 19.4 Å². The quantitative estimate of drug-likeness (QED) is 0.667. The lowest BCUT2D eigenvalue weighted by Gasteiger charge is -2.30. The van der Waals surface area contributed by atoms with Crippen molar-refractivity contribution in [3.8, 4) is 0 Å². The molecule has 0 spiro atoms. The lowest BCUT2D eigenvalue weighted by Crippen LogP contribution is -2.50. The molecule has 1 aliphatic heterocycles. The van der Waals surface area contributed by atoms with E-state index in [0.29, 0.717) is 13.2 Å². The van der Waals surface area contributed by atoms with E-state index in [9.17, 15) is 9.59 Å². The minimum atomic E-state index is -0.978. The van der Waals surface area contributed by atoms with E-state index in [4.69, 9.17) is 9.84 Å². The van der Waals surface area contributed by atoms with E-state index in [-0.39, 0.29) is 25.0 Å². The van der Waals surface area contributed by atoms with Gasteiger partial charge in [0.15, 0.2) is 6.10 Å². The third kappa shape index (κ3) is 4.16. The smallest absolute Gasteiger partial charge is 0.334 e. The first-order valence-electron chi connectivity index (χ1n) is 5.35. The van der Waals surface area contributed by atoms with Crippen LogP contribution in [0.2, 0.25) is 0 Å². The number of morpholine rings is 1. The summed E-state index contributed by atoms with van der Waals surface area (Å²) in [5.41, 5.74) is 0. The molecule has 6 heteroatoms. The molecule has 1 aliphatic rings. The van der Waals surface area contributed by atoms with Crippen molar-refractivity contribution in [2.45, 2.75) is 26.0 Å². The van der Waals surface area contributed by atoms with Gasteiger partial charge in [0, 0.05) is 19.1 Å². The Morgan fingerprint density at radius 3 is 2.81 bits per heavy atom. The topological polar surface area (TPSA) is 78.9 Å². The largest absolute Gasteiger partial charge is 0.479 e. The molecule has 1 amide bonds. The summed E-state index contributed by atoms with van der Waals surface area (Å²) in [4.78, 5) is 24.0. The molecule has 0 aromatic rings. The van der Waals surface area contributed by atoms with Crippen molar-refractivity contribution in [3.63, 3.8) is 0 Å². The molecule has 0 aromatic heterocycles. The number of carboxylic acid groups (broad SMARTS) is 1. The van der Waals surface area contributed by atoms with Crippen molar-refractivity contribution in [3.05, 3.63) is 0 Å². The number of nitrogens with one attached hydrogen (secondary N) is 1. The van der Waals surface area contributed by atoms with Gasteiger partial charge in [-0.2, -0.15) is 0 Å². The molecule has 0 saturated carbocycles. The van der Waals surface area contributed by atoms with Gasteiger partial charge >= 0.3 is 5.97 Å². The second-order valence-corrected chi connectivity index (χ2v) is 4.16. The zero-order valence-corrected chi connectivity index (χ0v) is 9.60. The first-order chi connectivity index (χ1) is 7.49. The van der Waals surface area contributed by atoms with Crippen LogP contribution in [0.3, 0.4) is 0 Å². The summed E-state index contributed by atoms with van der Waals surface area (Å²) in [6.07, 6.45) is -0.819. The third-order valence-electron chi connectivity index (χ3n) is 2.24. The average molecular weight is 230 g/mol. The van der Waals surface area contributed by atoms with E-state index in [0.717, 1.165) is 0 Å². The van der Waals surface area contributed by atoms with Crippen molar-refractivity contribution in [1.82, 2.24) is 10.2 Å². The SMILES string of the molecule is CC(C)NC(=O)CN1CCOC(C(=O)O)C1. The predicted octanol–water partition coefficient (Wildman–Crippen LogP) is -0.704. The molecule has 1 saturated heterocycles. The van der Waals surface area contributed by atoms with Gasteiger partial charge in [0.1, 0.15) is 0 Å². The van der Waals surface area contributed by atoms with Crippen molar-refractivity contribution in [2.24, 2.45) is 0 Å². The number of carboxylic acids is 1. The van der Waals surface area contributed by atoms with Crippen LogP contribution >= 0.6 is 0 Å². The van der Waals surface area contributed by atoms with Gasteiger partial charge in [-0.05, 0) is 13.8 Å². The van der Waals surface area contributed by atoms with Gasteiger partial charge in [0.25, 0.3) is 0 Å². The van der Waals surface area contributed by atoms with Crippen molar-refractivity contribution >= 4 is 11.9 Å². The summed E-state index contributed by atoms with van der Waals surface area (Å²) in [6.45, 7) is 5.21. The summed E-state index contributed by atoms with van der Waals surface area (Å²) < 4.78 is 5.06. The number of hydrogen-bond donors (Lipinski definition) is 2. The van der Waals surface area contributed by atoms with Gasteiger partial charge in [-0.25, -0.2) is 4.79 Å². The fraction of sp³-hybridized carbons (Fsp3) is 0.800. The zero-order valence-electron chi connectivity index (χ0n) is 9.60. The fourth-order valence-corrected chi connectivity index (χ4v) is 1.57. The van der Waals surface area contributed by atoms with E-state index < -0.39 is 12.1 Å². The Kier molecular flexibility index (Phi) is 4.70.